The molecule has 0 fully saturated rings. The molecule has 1 amide bonds. The monoisotopic (exact) mass is 244 g/mol. The van der Waals surface area contributed by atoms with Gasteiger partial charge in [-0.25, -0.2) is 4.39 Å². The van der Waals surface area contributed by atoms with Crippen LogP contribution in [0.2, 0.25) is 0 Å². The van der Waals surface area contributed by atoms with Gasteiger partial charge in [0.15, 0.2) is 0 Å². The first kappa shape index (κ1) is 12.1. The normalized spacial score (nSPS) is 10.1. The van der Waals surface area contributed by atoms with Crippen molar-refractivity contribution < 1.29 is 13.9 Å². The zero-order valence-corrected chi connectivity index (χ0v) is 9.74. The molecule has 2 rings (SSSR count). The van der Waals surface area contributed by atoms with E-state index in [0.29, 0.717) is 16.9 Å². The topological polar surface area (TPSA) is 52.3 Å². The van der Waals surface area contributed by atoms with E-state index in [0.717, 1.165) is 0 Å². The van der Waals surface area contributed by atoms with Gasteiger partial charge in [-0.1, -0.05) is 12.1 Å². The Morgan fingerprint density at radius 1 is 1.28 bits per heavy atom. The number of carbonyl (C=O) groups excluding carboxylic acids is 1. The Hall–Kier alpha value is -2.36. The number of ether oxygens (including phenoxy) is 1. The van der Waals surface area contributed by atoms with E-state index in [1.165, 1.54) is 19.2 Å². The van der Waals surface area contributed by atoms with Crippen LogP contribution in [0.5, 0.6) is 5.75 Å². The minimum absolute atomic E-state index is 0.223. The van der Waals surface area contributed by atoms with E-state index >= 15 is 0 Å². The molecule has 4 heteroatoms. The summed E-state index contributed by atoms with van der Waals surface area (Å²) in [6, 6.07) is 11.8. The Morgan fingerprint density at radius 3 is 2.50 bits per heavy atom. The van der Waals surface area contributed by atoms with E-state index in [-0.39, 0.29) is 11.4 Å². The molecule has 1 radical (unpaired) electrons. The highest BCUT2D eigenvalue weighted by Crippen LogP contribution is 2.32. The summed E-state index contributed by atoms with van der Waals surface area (Å²) < 4.78 is 18.1. The van der Waals surface area contributed by atoms with Gasteiger partial charge < -0.3 is 10.5 Å². The third-order valence-corrected chi connectivity index (χ3v) is 2.56. The first-order chi connectivity index (χ1) is 8.63. The van der Waals surface area contributed by atoms with Crippen LogP contribution in [0.25, 0.3) is 11.1 Å². The lowest BCUT2D eigenvalue weighted by atomic mass is 9.98. The van der Waals surface area contributed by atoms with Crippen molar-refractivity contribution in [2.45, 2.75) is 0 Å². The lowest BCUT2D eigenvalue weighted by Gasteiger charge is -2.11. The molecule has 0 saturated carbocycles. The Bertz CT molecular complexity index is 579. The minimum atomic E-state index is -0.603. The van der Waals surface area contributed by atoms with Crippen molar-refractivity contribution in [3.8, 4) is 16.9 Å². The van der Waals surface area contributed by atoms with Crippen LogP contribution < -0.4 is 10.5 Å². The number of halogens is 1. The first-order valence-electron chi connectivity index (χ1n) is 5.28. The summed E-state index contributed by atoms with van der Waals surface area (Å²) in [5, 5.41) is 0. The maximum Gasteiger partial charge on any atom is 0.250 e. The van der Waals surface area contributed by atoms with Crippen LogP contribution >= 0.6 is 0 Å². The standard InChI is InChI=1S/C14H11FNO2/c1-18-12-4-2-3-11(14(16)17)13(12)9-5-7-10(15)8-6-9/h2,4-8H,1H3,(H2,16,17). The summed E-state index contributed by atoms with van der Waals surface area (Å²) in [4.78, 5) is 11.4. The molecule has 0 spiro atoms. The highest BCUT2D eigenvalue weighted by molar-refractivity contribution is 6.01. The third-order valence-electron chi connectivity index (χ3n) is 2.56. The van der Waals surface area contributed by atoms with Gasteiger partial charge in [-0.3, -0.25) is 4.79 Å². The molecule has 0 aliphatic carbocycles. The summed E-state index contributed by atoms with van der Waals surface area (Å²) >= 11 is 0. The summed E-state index contributed by atoms with van der Waals surface area (Å²) in [6.07, 6.45) is 0. The molecule has 3 nitrogen and oxygen atoms in total. The van der Waals surface area contributed by atoms with Crippen LogP contribution in [0.4, 0.5) is 4.39 Å². The SMILES string of the molecule is COc1cc[c]c(C(N)=O)c1-c1ccc(F)cc1. The predicted octanol–water partition coefficient (Wildman–Crippen LogP) is 2.40. The van der Waals surface area contributed by atoms with Gasteiger partial charge >= 0.3 is 0 Å². The van der Waals surface area contributed by atoms with E-state index in [4.69, 9.17) is 10.5 Å². The first-order valence-corrected chi connectivity index (χ1v) is 5.28. The zero-order chi connectivity index (χ0) is 13.1. The number of rotatable bonds is 3. The molecule has 0 unspecified atom stereocenters. The number of methoxy groups -OCH3 is 1. The van der Waals surface area contributed by atoms with Crippen LogP contribution in [0.1, 0.15) is 10.4 Å². The number of nitrogens with two attached hydrogens (primary N) is 1. The zero-order valence-electron chi connectivity index (χ0n) is 9.74. The highest BCUT2D eigenvalue weighted by atomic mass is 19.1. The molecular weight excluding hydrogens is 233 g/mol. The van der Waals surface area contributed by atoms with Crippen molar-refractivity contribution in [1.82, 2.24) is 0 Å². The molecule has 2 aromatic rings. The van der Waals surface area contributed by atoms with Gasteiger partial charge in [-0.2, -0.15) is 0 Å². The second kappa shape index (κ2) is 4.87. The summed E-state index contributed by atoms with van der Waals surface area (Å²) in [5.74, 6) is -0.458. The van der Waals surface area contributed by atoms with Gasteiger partial charge in [0.25, 0.3) is 0 Å². The van der Waals surface area contributed by atoms with Gasteiger partial charge in [0.1, 0.15) is 11.6 Å². The van der Waals surface area contributed by atoms with Gasteiger partial charge in [0.05, 0.1) is 12.7 Å². The molecule has 0 heterocycles. The van der Waals surface area contributed by atoms with Crippen molar-refractivity contribution in [3.63, 3.8) is 0 Å². The molecule has 2 N–H and O–H groups in total. The maximum absolute atomic E-state index is 12.9. The van der Waals surface area contributed by atoms with Crippen LogP contribution in [0.3, 0.4) is 0 Å². The lowest BCUT2D eigenvalue weighted by molar-refractivity contribution is 0.100. The number of primary amides is 1. The minimum Gasteiger partial charge on any atom is -0.496 e. The van der Waals surface area contributed by atoms with E-state index < -0.39 is 5.91 Å². The van der Waals surface area contributed by atoms with E-state index in [1.54, 1.807) is 24.3 Å². The number of amides is 1. The second-order valence-corrected chi connectivity index (χ2v) is 3.67. The van der Waals surface area contributed by atoms with Crippen molar-refractivity contribution >= 4 is 5.91 Å². The van der Waals surface area contributed by atoms with E-state index in [1.807, 2.05) is 0 Å². The van der Waals surface area contributed by atoms with Crippen LogP contribution in [0.15, 0.2) is 36.4 Å². The molecule has 0 saturated heterocycles. The lowest BCUT2D eigenvalue weighted by Crippen LogP contribution is -2.13. The molecular formula is C14H11FNO2. The Morgan fingerprint density at radius 2 is 1.94 bits per heavy atom. The number of hydrogen-bond acceptors (Lipinski definition) is 2. The summed E-state index contributed by atoms with van der Waals surface area (Å²) in [5.41, 5.74) is 6.70. The molecule has 0 aliphatic heterocycles. The van der Waals surface area contributed by atoms with Crippen molar-refractivity contribution in [3.05, 3.63) is 53.8 Å². The Balaban J connectivity index is 2.67. The van der Waals surface area contributed by atoms with Crippen molar-refractivity contribution in [2.24, 2.45) is 5.73 Å². The quantitative estimate of drug-likeness (QED) is 0.901. The maximum atomic E-state index is 12.9. The molecule has 91 valence electrons. The second-order valence-electron chi connectivity index (χ2n) is 3.67. The molecule has 2 aromatic carbocycles. The predicted molar refractivity (Wildman–Crippen MR) is 65.7 cm³/mol. The average molecular weight is 244 g/mol. The van der Waals surface area contributed by atoms with Gasteiger partial charge in [-0.15, -0.1) is 0 Å². The number of carbonyl (C=O) groups is 1. The fourth-order valence-corrected chi connectivity index (χ4v) is 1.75. The van der Waals surface area contributed by atoms with Crippen LogP contribution in [-0.4, -0.2) is 13.0 Å². The highest BCUT2D eigenvalue weighted by Gasteiger charge is 2.15. The largest absolute Gasteiger partial charge is 0.496 e. The molecule has 18 heavy (non-hydrogen) atoms. The molecule has 0 aromatic heterocycles. The van der Waals surface area contributed by atoms with Crippen molar-refractivity contribution in [2.75, 3.05) is 7.11 Å². The van der Waals surface area contributed by atoms with Gasteiger partial charge in [-0.05, 0) is 35.9 Å². The number of hydrogen-bond donors (Lipinski definition) is 1. The van der Waals surface area contributed by atoms with Crippen molar-refractivity contribution in [1.29, 1.82) is 0 Å². The fraction of sp³-hybridized carbons (Fsp3) is 0.0714. The fourth-order valence-electron chi connectivity index (χ4n) is 1.75. The van der Waals surface area contributed by atoms with E-state index in [2.05, 4.69) is 6.07 Å². The third kappa shape index (κ3) is 2.18. The summed E-state index contributed by atoms with van der Waals surface area (Å²) in [7, 11) is 1.49. The Labute approximate surface area is 104 Å². The molecule has 0 bridgehead atoms. The Kier molecular flexibility index (Phi) is 3.28. The van der Waals surface area contributed by atoms with Gasteiger partial charge in [0.2, 0.25) is 5.91 Å². The van der Waals surface area contributed by atoms with Gasteiger partial charge in [0, 0.05) is 5.56 Å². The van der Waals surface area contributed by atoms with E-state index in [9.17, 15) is 9.18 Å². The molecule has 0 atom stereocenters. The van der Waals surface area contributed by atoms with Crippen LogP contribution in [0, 0.1) is 11.9 Å². The smallest absolute Gasteiger partial charge is 0.250 e. The number of benzene rings is 2. The van der Waals surface area contributed by atoms with Crippen LogP contribution in [-0.2, 0) is 0 Å². The average Bonchev–Trinajstić information content (AvgIpc) is 2.38. The molecule has 0 aliphatic rings. The summed E-state index contributed by atoms with van der Waals surface area (Å²) in [6.45, 7) is 0.